The molecule has 0 aliphatic carbocycles. The van der Waals surface area contributed by atoms with Crippen molar-refractivity contribution in [3.05, 3.63) is 101 Å². The van der Waals surface area contributed by atoms with Crippen LogP contribution in [0.25, 0.3) is 0 Å². The van der Waals surface area contributed by atoms with Gasteiger partial charge in [0.25, 0.3) is 0 Å². The zero-order chi connectivity index (χ0) is 27.2. The summed E-state index contributed by atoms with van der Waals surface area (Å²) in [6.45, 7) is 3.48. The Balaban J connectivity index is 1.47. The molecule has 2 aromatic heterocycles. The van der Waals surface area contributed by atoms with E-state index in [1.54, 1.807) is 26.4 Å². The SMILES string of the molecule is CCOc1cc(F)c(CNc2ccccc2C(=NC)c2nc3c(c(Nc4ccncc4)n2)CNCC3)c(F)c1. The van der Waals surface area contributed by atoms with Gasteiger partial charge in [0, 0.05) is 85.7 Å². The summed E-state index contributed by atoms with van der Waals surface area (Å²) in [5.74, 6) is -0.0357. The molecule has 1 aliphatic heterocycles. The molecule has 0 saturated carbocycles. The molecule has 0 spiro atoms. The second-order valence-corrected chi connectivity index (χ2v) is 8.88. The fraction of sp³-hybridized carbons (Fsp3) is 0.241. The van der Waals surface area contributed by atoms with Crippen molar-refractivity contribution in [2.45, 2.75) is 26.4 Å². The van der Waals surface area contributed by atoms with Gasteiger partial charge in [-0.05, 0) is 25.1 Å². The van der Waals surface area contributed by atoms with Crippen LogP contribution in [0.15, 0.2) is 65.9 Å². The summed E-state index contributed by atoms with van der Waals surface area (Å²) in [5, 5.41) is 9.95. The normalized spacial score (nSPS) is 13.1. The molecule has 0 saturated heterocycles. The zero-order valence-electron chi connectivity index (χ0n) is 21.8. The van der Waals surface area contributed by atoms with E-state index in [1.807, 2.05) is 36.4 Å². The first-order valence-corrected chi connectivity index (χ1v) is 12.8. The predicted molar refractivity (Wildman–Crippen MR) is 148 cm³/mol. The average Bonchev–Trinajstić information content (AvgIpc) is 2.94. The average molecular weight is 530 g/mol. The van der Waals surface area contributed by atoms with E-state index in [9.17, 15) is 8.78 Å². The van der Waals surface area contributed by atoms with Gasteiger partial charge in [0.05, 0.1) is 12.3 Å². The van der Waals surface area contributed by atoms with Crippen LogP contribution in [0.3, 0.4) is 0 Å². The Labute approximate surface area is 225 Å². The maximum absolute atomic E-state index is 14.7. The zero-order valence-corrected chi connectivity index (χ0v) is 21.8. The summed E-state index contributed by atoms with van der Waals surface area (Å²) in [4.78, 5) is 18.4. The van der Waals surface area contributed by atoms with Crippen molar-refractivity contribution in [3.63, 3.8) is 0 Å². The Bertz CT molecular complexity index is 1470. The van der Waals surface area contributed by atoms with Gasteiger partial charge in [-0.3, -0.25) is 9.98 Å². The highest BCUT2D eigenvalue weighted by atomic mass is 19.1. The standard InChI is InChI=1S/C29H29F2N7O/c1-3-39-19-14-23(30)21(24(31)15-19)17-35-25-7-5-4-6-20(25)27(32-2)29-37-26-10-13-34-16-22(26)28(38-29)36-18-8-11-33-12-9-18/h4-9,11-12,14-15,34-35H,3,10,13,16-17H2,1-2H3,(H,33,36,37,38). The lowest BCUT2D eigenvalue weighted by Gasteiger charge is -2.21. The smallest absolute Gasteiger partial charge is 0.180 e. The molecule has 10 heteroatoms. The minimum Gasteiger partial charge on any atom is -0.494 e. The van der Waals surface area contributed by atoms with Crippen molar-refractivity contribution >= 4 is 22.9 Å². The van der Waals surface area contributed by atoms with Crippen LogP contribution in [0.5, 0.6) is 5.75 Å². The molecular weight excluding hydrogens is 500 g/mol. The molecule has 8 nitrogen and oxygen atoms in total. The van der Waals surface area contributed by atoms with Crippen LogP contribution in [0.1, 0.15) is 35.1 Å². The van der Waals surface area contributed by atoms with Crippen molar-refractivity contribution in [2.75, 3.05) is 30.8 Å². The number of nitrogens with one attached hydrogen (secondary N) is 3. The number of hydrogen-bond acceptors (Lipinski definition) is 8. The first-order chi connectivity index (χ1) is 19.1. The van der Waals surface area contributed by atoms with Gasteiger partial charge in [-0.1, -0.05) is 18.2 Å². The van der Waals surface area contributed by atoms with Crippen LogP contribution < -0.4 is 20.7 Å². The van der Waals surface area contributed by atoms with Crippen LogP contribution in [0, 0.1) is 11.6 Å². The molecule has 2 aromatic carbocycles. The monoisotopic (exact) mass is 529 g/mol. The summed E-state index contributed by atoms with van der Waals surface area (Å²) < 4.78 is 34.6. The van der Waals surface area contributed by atoms with E-state index in [4.69, 9.17) is 14.7 Å². The van der Waals surface area contributed by atoms with Gasteiger partial charge in [0.15, 0.2) is 5.82 Å². The van der Waals surface area contributed by atoms with Crippen LogP contribution in [-0.4, -0.2) is 40.9 Å². The van der Waals surface area contributed by atoms with Gasteiger partial charge < -0.3 is 20.7 Å². The largest absolute Gasteiger partial charge is 0.494 e. The van der Waals surface area contributed by atoms with E-state index in [2.05, 4.69) is 25.9 Å². The van der Waals surface area contributed by atoms with Gasteiger partial charge in [0.2, 0.25) is 0 Å². The fourth-order valence-corrected chi connectivity index (χ4v) is 4.49. The third kappa shape index (κ3) is 5.85. The van der Waals surface area contributed by atoms with Crippen molar-refractivity contribution < 1.29 is 13.5 Å². The summed E-state index contributed by atoms with van der Waals surface area (Å²) >= 11 is 0. The quantitative estimate of drug-likeness (QED) is 0.262. The van der Waals surface area contributed by atoms with Crippen molar-refractivity contribution in [1.29, 1.82) is 0 Å². The van der Waals surface area contributed by atoms with E-state index in [0.29, 0.717) is 36.2 Å². The molecule has 5 rings (SSSR count). The van der Waals surface area contributed by atoms with Crippen molar-refractivity contribution in [3.8, 4) is 5.75 Å². The molecule has 3 heterocycles. The number of aromatic nitrogens is 3. The molecule has 0 atom stereocenters. The highest BCUT2D eigenvalue weighted by molar-refractivity contribution is 6.14. The summed E-state index contributed by atoms with van der Waals surface area (Å²) in [6, 6.07) is 13.6. The molecule has 0 unspecified atom stereocenters. The lowest BCUT2D eigenvalue weighted by Crippen LogP contribution is -2.27. The van der Waals surface area contributed by atoms with E-state index in [-0.39, 0.29) is 17.9 Å². The molecule has 0 fully saturated rings. The minimum absolute atomic E-state index is 0.0658. The van der Waals surface area contributed by atoms with Gasteiger partial charge in [-0.25, -0.2) is 18.7 Å². The second kappa shape index (κ2) is 12.0. The number of fused-ring (bicyclic) bond motifs is 1. The highest BCUT2D eigenvalue weighted by Crippen LogP contribution is 2.27. The van der Waals surface area contributed by atoms with Gasteiger partial charge in [-0.2, -0.15) is 0 Å². The van der Waals surface area contributed by atoms with Crippen LogP contribution in [0.4, 0.5) is 26.0 Å². The Kier molecular flexibility index (Phi) is 8.02. The number of rotatable bonds is 9. The summed E-state index contributed by atoms with van der Waals surface area (Å²) in [6.07, 6.45) is 4.18. The molecule has 0 radical (unpaired) electrons. The number of hydrogen-bond donors (Lipinski definition) is 3. The predicted octanol–water partition coefficient (Wildman–Crippen LogP) is 5.02. The summed E-state index contributed by atoms with van der Waals surface area (Å²) in [5.41, 5.74) is 4.66. The molecular formula is C29H29F2N7O. The van der Waals surface area contributed by atoms with Crippen molar-refractivity contribution in [2.24, 2.45) is 4.99 Å². The molecule has 4 aromatic rings. The molecule has 200 valence electrons. The minimum atomic E-state index is -0.675. The van der Waals surface area contributed by atoms with E-state index in [1.165, 1.54) is 12.1 Å². The number of para-hydroxylation sites is 1. The number of anilines is 3. The second-order valence-electron chi connectivity index (χ2n) is 8.88. The van der Waals surface area contributed by atoms with Crippen LogP contribution in [0.2, 0.25) is 0 Å². The van der Waals surface area contributed by atoms with Gasteiger partial charge in [0.1, 0.15) is 28.9 Å². The van der Waals surface area contributed by atoms with E-state index in [0.717, 1.165) is 35.5 Å². The third-order valence-corrected chi connectivity index (χ3v) is 6.37. The Morgan fingerprint density at radius 2 is 1.85 bits per heavy atom. The number of ether oxygens (including phenoxy) is 1. The first-order valence-electron chi connectivity index (χ1n) is 12.8. The Morgan fingerprint density at radius 1 is 1.08 bits per heavy atom. The topological polar surface area (TPSA) is 96.4 Å². The van der Waals surface area contributed by atoms with E-state index >= 15 is 0 Å². The molecule has 3 N–H and O–H groups in total. The molecule has 0 bridgehead atoms. The molecule has 1 aliphatic rings. The Hall–Kier alpha value is -4.44. The first kappa shape index (κ1) is 26.2. The number of nitrogens with zero attached hydrogens (tertiary/aromatic N) is 4. The summed E-state index contributed by atoms with van der Waals surface area (Å²) in [7, 11) is 1.68. The number of halogens is 2. The van der Waals surface area contributed by atoms with Gasteiger partial charge >= 0.3 is 0 Å². The lowest BCUT2D eigenvalue weighted by molar-refractivity contribution is 0.335. The number of benzene rings is 2. The van der Waals surface area contributed by atoms with Crippen LogP contribution >= 0.6 is 0 Å². The van der Waals surface area contributed by atoms with Crippen molar-refractivity contribution in [1.82, 2.24) is 20.3 Å². The number of aliphatic imine (C=N–C) groups is 1. The Morgan fingerprint density at radius 3 is 2.59 bits per heavy atom. The number of pyridine rings is 1. The van der Waals surface area contributed by atoms with Crippen LogP contribution in [-0.2, 0) is 19.5 Å². The van der Waals surface area contributed by atoms with Gasteiger partial charge in [-0.15, -0.1) is 0 Å². The third-order valence-electron chi connectivity index (χ3n) is 6.37. The maximum atomic E-state index is 14.7. The highest BCUT2D eigenvalue weighted by Gasteiger charge is 2.22. The maximum Gasteiger partial charge on any atom is 0.180 e. The molecule has 39 heavy (non-hydrogen) atoms. The lowest BCUT2D eigenvalue weighted by atomic mass is 10.0. The fourth-order valence-electron chi connectivity index (χ4n) is 4.49. The van der Waals surface area contributed by atoms with E-state index < -0.39 is 11.6 Å². The molecule has 0 amide bonds.